The van der Waals surface area contributed by atoms with E-state index in [1.165, 1.54) is 0 Å². The number of benzene rings is 1. The molecule has 0 unspecified atom stereocenters. The second-order valence-corrected chi connectivity index (χ2v) is 4.94. The van der Waals surface area contributed by atoms with Gasteiger partial charge in [-0.05, 0) is 47.8 Å². The number of carbonyl (C=O) groups is 2. The fourth-order valence-electron chi connectivity index (χ4n) is 1.51. The van der Waals surface area contributed by atoms with Gasteiger partial charge in [-0.3, -0.25) is 9.59 Å². The molecular weight excluding hydrogens is 298 g/mol. The molecule has 0 fully saturated rings. The quantitative estimate of drug-likeness (QED) is 0.794. The van der Waals surface area contributed by atoms with Crippen LogP contribution in [0.25, 0.3) is 0 Å². The number of amides is 1. The zero-order chi connectivity index (χ0) is 13.5. The van der Waals surface area contributed by atoms with Gasteiger partial charge in [-0.25, -0.2) is 0 Å². The maximum Gasteiger partial charge on any atom is 0.303 e. The first-order chi connectivity index (χ1) is 8.50. The molecule has 5 heteroatoms. The van der Waals surface area contributed by atoms with Gasteiger partial charge >= 0.3 is 5.97 Å². The summed E-state index contributed by atoms with van der Waals surface area (Å²) >= 11 is 3.33. The lowest BCUT2D eigenvalue weighted by Crippen LogP contribution is -2.25. The van der Waals surface area contributed by atoms with E-state index in [0.717, 1.165) is 10.0 Å². The molecule has 0 bridgehead atoms. The van der Waals surface area contributed by atoms with E-state index < -0.39 is 5.97 Å². The van der Waals surface area contributed by atoms with Gasteiger partial charge in [0.1, 0.15) is 0 Å². The van der Waals surface area contributed by atoms with Crippen LogP contribution >= 0.6 is 15.9 Å². The number of carboxylic acid groups (broad SMARTS) is 1. The summed E-state index contributed by atoms with van der Waals surface area (Å²) in [7, 11) is 0. The van der Waals surface area contributed by atoms with Gasteiger partial charge in [0.15, 0.2) is 0 Å². The van der Waals surface area contributed by atoms with Crippen LogP contribution < -0.4 is 5.32 Å². The number of carboxylic acids is 1. The SMILES string of the molecule is Cc1ccc(Br)c(C(=O)NCCCCC(=O)O)c1. The average molecular weight is 314 g/mol. The standard InChI is InChI=1S/C13H16BrNO3/c1-9-5-6-11(14)10(8-9)13(18)15-7-3-2-4-12(16)17/h5-6,8H,2-4,7H2,1H3,(H,15,18)(H,16,17). The molecule has 0 aliphatic rings. The molecule has 0 atom stereocenters. The van der Waals surface area contributed by atoms with Gasteiger partial charge in [0.05, 0.1) is 5.56 Å². The van der Waals surface area contributed by atoms with Crippen molar-refractivity contribution in [2.75, 3.05) is 6.54 Å². The van der Waals surface area contributed by atoms with Crippen LogP contribution in [0.3, 0.4) is 0 Å². The lowest BCUT2D eigenvalue weighted by molar-refractivity contribution is -0.137. The van der Waals surface area contributed by atoms with Crippen molar-refractivity contribution in [3.8, 4) is 0 Å². The van der Waals surface area contributed by atoms with E-state index in [9.17, 15) is 9.59 Å². The highest BCUT2D eigenvalue weighted by Gasteiger charge is 2.09. The summed E-state index contributed by atoms with van der Waals surface area (Å²) < 4.78 is 0.760. The molecule has 0 aliphatic carbocycles. The summed E-state index contributed by atoms with van der Waals surface area (Å²) in [5.74, 6) is -0.941. The third kappa shape index (κ3) is 4.87. The van der Waals surface area contributed by atoms with E-state index in [0.29, 0.717) is 24.9 Å². The van der Waals surface area contributed by atoms with Crippen LogP contribution in [0.5, 0.6) is 0 Å². The highest BCUT2D eigenvalue weighted by atomic mass is 79.9. The van der Waals surface area contributed by atoms with Crippen LogP contribution in [0.15, 0.2) is 22.7 Å². The Morgan fingerprint density at radius 3 is 2.72 bits per heavy atom. The number of nitrogens with one attached hydrogen (secondary N) is 1. The average Bonchev–Trinajstić information content (AvgIpc) is 2.31. The van der Waals surface area contributed by atoms with Crippen molar-refractivity contribution in [2.24, 2.45) is 0 Å². The zero-order valence-corrected chi connectivity index (χ0v) is 11.8. The normalized spacial score (nSPS) is 10.1. The van der Waals surface area contributed by atoms with E-state index in [1.807, 2.05) is 25.1 Å². The maximum atomic E-state index is 11.9. The fraction of sp³-hybridized carbons (Fsp3) is 0.385. The lowest BCUT2D eigenvalue weighted by atomic mass is 10.1. The molecule has 4 nitrogen and oxygen atoms in total. The number of rotatable bonds is 6. The van der Waals surface area contributed by atoms with Gasteiger partial charge in [0.2, 0.25) is 0 Å². The molecule has 0 saturated carbocycles. The molecule has 18 heavy (non-hydrogen) atoms. The smallest absolute Gasteiger partial charge is 0.303 e. The number of hydrogen-bond donors (Lipinski definition) is 2. The predicted molar refractivity (Wildman–Crippen MR) is 72.7 cm³/mol. The third-order valence-electron chi connectivity index (χ3n) is 2.47. The zero-order valence-electron chi connectivity index (χ0n) is 10.2. The lowest BCUT2D eigenvalue weighted by Gasteiger charge is -2.07. The Balaban J connectivity index is 2.41. The van der Waals surface area contributed by atoms with Gasteiger partial charge in [0.25, 0.3) is 5.91 Å². The van der Waals surface area contributed by atoms with Crippen molar-refractivity contribution in [1.29, 1.82) is 0 Å². The monoisotopic (exact) mass is 313 g/mol. The van der Waals surface area contributed by atoms with E-state index in [-0.39, 0.29) is 12.3 Å². The van der Waals surface area contributed by atoms with Crippen LogP contribution in [-0.2, 0) is 4.79 Å². The van der Waals surface area contributed by atoms with Crippen molar-refractivity contribution in [2.45, 2.75) is 26.2 Å². The Bertz CT molecular complexity index is 446. The molecule has 0 saturated heterocycles. The van der Waals surface area contributed by atoms with E-state index in [2.05, 4.69) is 21.2 Å². The van der Waals surface area contributed by atoms with E-state index in [4.69, 9.17) is 5.11 Å². The van der Waals surface area contributed by atoms with Gasteiger partial charge < -0.3 is 10.4 Å². The molecule has 1 aromatic rings. The minimum Gasteiger partial charge on any atom is -0.481 e. The van der Waals surface area contributed by atoms with Crippen molar-refractivity contribution in [3.63, 3.8) is 0 Å². The number of halogens is 1. The van der Waals surface area contributed by atoms with Crippen LogP contribution in [-0.4, -0.2) is 23.5 Å². The highest BCUT2D eigenvalue weighted by molar-refractivity contribution is 9.10. The van der Waals surface area contributed by atoms with Crippen molar-refractivity contribution in [3.05, 3.63) is 33.8 Å². The molecule has 1 amide bonds. The van der Waals surface area contributed by atoms with Gasteiger partial charge in [-0.2, -0.15) is 0 Å². The summed E-state index contributed by atoms with van der Waals surface area (Å²) in [6.07, 6.45) is 1.39. The molecule has 98 valence electrons. The summed E-state index contributed by atoms with van der Waals surface area (Å²) in [5.41, 5.74) is 1.63. The van der Waals surface area contributed by atoms with Gasteiger partial charge in [-0.1, -0.05) is 11.6 Å². The largest absolute Gasteiger partial charge is 0.481 e. The van der Waals surface area contributed by atoms with Gasteiger partial charge in [-0.15, -0.1) is 0 Å². The molecule has 0 aromatic heterocycles. The Morgan fingerprint density at radius 1 is 1.33 bits per heavy atom. The molecule has 0 heterocycles. The third-order valence-corrected chi connectivity index (χ3v) is 3.16. The first-order valence-corrected chi connectivity index (χ1v) is 6.56. The second-order valence-electron chi connectivity index (χ2n) is 4.09. The van der Waals surface area contributed by atoms with Gasteiger partial charge in [0, 0.05) is 17.4 Å². The molecule has 0 radical (unpaired) electrons. The van der Waals surface area contributed by atoms with Crippen molar-refractivity contribution >= 4 is 27.8 Å². The summed E-state index contributed by atoms with van der Waals surface area (Å²) in [4.78, 5) is 22.2. The van der Waals surface area contributed by atoms with Crippen molar-refractivity contribution < 1.29 is 14.7 Å². The fourth-order valence-corrected chi connectivity index (χ4v) is 1.94. The molecule has 1 aromatic carbocycles. The summed E-state index contributed by atoms with van der Waals surface area (Å²) in [6, 6.07) is 5.58. The molecule has 2 N–H and O–H groups in total. The maximum absolute atomic E-state index is 11.9. The van der Waals surface area contributed by atoms with Crippen LogP contribution in [0.2, 0.25) is 0 Å². The van der Waals surface area contributed by atoms with Crippen LogP contribution in [0.4, 0.5) is 0 Å². The highest BCUT2D eigenvalue weighted by Crippen LogP contribution is 2.17. The first kappa shape index (κ1) is 14.7. The number of aliphatic carboxylic acids is 1. The number of carbonyl (C=O) groups excluding carboxylic acids is 1. The minimum atomic E-state index is -0.803. The molecule has 0 spiro atoms. The molecule has 1 rings (SSSR count). The Morgan fingerprint density at radius 2 is 2.06 bits per heavy atom. The number of hydrogen-bond acceptors (Lipinski definition) is 2. The predicted octanol–water partition coefficient (Wildman–Crippen LogP) is 2.74. The Labute approximate surface area is 115 Å². The second kappa shape index (κ2) is 7.16. The summed E-state index contributed by atoms with van der Waals surface area (Å²) in [6.45, 7) is 2.42. The summed E-state index contributed by atoms with van der Waals surface area (Å²) in [5, 5.41) is 11.3. The van der Waals surface area contributed by atoms with Crippen LogP contribution in [0.1, 0.15) is 35.2 Å². The van der Waals surface area contributed by atoms with E-state index in [1.54, 1.807) is 0 Å². The molecule has 0 aliphatic heterocycles. The Hall–Kier alpha value is -1.36. The minimum absolute atomic E-state index is 0.138. The Kier molecular flexibility index (Phi) is 5.85. The molecular formula is C13H16BrNO3. The van der Waals surface area contributed by atoms with Crippen LogP contribution in [0, 0.1) is 6.92 Å². The first-order valence-electron chi connectivity index (χ1n) is 5.77. The number of aryl methyl sites for hydroxylation is 1. The number of unbranched alkanes of at least 4 members (excludes halogenated alkanes) is 1. The van der Waals surface area contributed by atoms with E-state index >= 15 is 0 Å². The van der Waals surface area contributed by atoms with Crippen molar-refractivity contribution in [1.82, 2.24) is 5.32 Å². The topological polar surface area (TPSA) is 66.4 Å².